The van der Waals surface area contributed by atoms with Crippen LogP contribution in [0.15, 0.2) is 65.7 Å². The number of benzene rings is 2. The van der Waals surface area contributed by atoms with Crippen LogP contribution in [0, 0.1) is 0 Å². The molecule has 0 heterocycles. The molecular formula is C19H25IN4O. The molecule has 0 saturated carbocycles. The minimum Gasteiger partial charge on any atom is -0.356 e. The first-order chi connectivity index (χ1) is 11.8. The van der Waals surface area contributed by atoms with Gasteiger partial charge in [-0.05, 0) is 17.5 Å². The average molecular weight is 452 g/mol. The largest absolute Gasteiger partial charge is 0.356 e. The number of aliphatic imine (C=N–C) groups is 1. The van der Waals surface area contributed by atoms with Crippen molar-refractivity contribution in [3.8, 4) is 0 Å². The second kappa shape index (κ2) is 12.3. The Labute approximate surface area is 166 Å². The number of hydrogen-bond donors (Lipinski definition) is 3. The zero-order valence-corrected chi connectivity index (χ0v) is 16.7. The number of carbonyl (C=O) groups excluding carboxylic acids is 1. The van der Waals surface area contributed by atoms with E-state index in [1.807, 2.05) is 48.5 Å². The van der Waals surface area contributed by atoms with E-state index in [4.69, 9.17) is 0 Å². The van der Waals surface area contributed by atoms with Crippen LogP contribution in [0.1, 0.15) is 11.1 Å². The van der Waals surface area contributed by atoms with Gasteiger partial charge in [-0.1, -0.05) is 60.7 Å². The van der Waals surface area contributed by atoms with Crippen LogP contribution in [-0.4, -0.2) is 32.0 Å². The quantitative estimate of drug-likeness (QED) is 0.343. The van der Waals surface area contributed by atoms with Crippen molar-refractivity contribution in [2.45, 2.75) is 13.0 Å². The van der Waals surface area contributed by atoms with Gasteiger partial charge in [-0.25, -0.2) is 0 Å². The van der Waals surface area contributed by atoms with Crippen LogP contribution in [0.2, 0.25) is 0 Å². The van der Waals surface area contributed by atoms with Gasteiger partial charge >= 0.3 is 0 Å². The number of nitrogens with zero attached hydrogens (tertiary/aromatic N) is 1. The maximum Gasteiger partial charge on any atom is 0.239 e. The molecule has 0 unspecified atom stereocenters. The van der Waals surface area contributed by atoms with Crippen LogP contribution in [0.25, 0.3) is 0 Å². The van der Waals surface area contributed by atoms with Gasteiger partial charge in [-0.3, -0.25) is 9.79 Å². The zero-order valence-electron chi connectivity index (χ0n) is 14.4. The van der Waals surface area contributed by atoms with Crippen LogP contribution in [0.3, 0.4) is 0 Å². The van der Waals surface area contributed by atoms with E-state index in [2.05, 4.69) is 33.1 Å². The molecule has 0 aromatic heterocycles. The molecule has 134 valence electrons. The lowest BCUT2D eigenvalue weighted by Crippen LogP contribution is -2.43. The van der Waals surface area contributed by atoms with Crippen molar-refractivity contribution in [2.24, 2.45) is 4.99 Å². The summed E-state index contributed by atoms with van der Waals surface area (Å²) in [6.07, 6.45) is 0.905. The van der Waals surface area contributed by atoms with Gasteiger partial charge in [0.2, 0.25) is 5.91 Å². The summed E-state index contributed by atoms with van der Waals surface area (Å²) >= 11 is 0. The van der Waals surface area contributed by atoms with Crippen molar-refractivity contribution in [3.05, 3.63) is 71.8 Å². The molecule has 0 aliphatic carbocycles. The molecule has 25 heavy (non-hydrogen) atoms. The van der Waals surface area contributed by atoms with Gasteiger partial charge < -0.3 is 16.0 Å². The van der Waals surface area contributed by atoms with Gasteiger partial charge in [0, 0.05) is 20.1 Å². The monoisotopic (exact) mass is 452 g/mol. The first-order valence-corrected chi connectivity index (χ1v) is 8.07. The third-order valence-electron chi connectivity index (χ3n) is 3.52. The third kappa shape index (κ3) is 8.53. The Morgan fingerprint density at radius 3 is 2.08 bits per heavy atom. The molecule has 2 rings (SSSR count). The molecule has 0 aliphatic rings. The minimum atomic E-state index is -0.0649. The number of amides is 1. The van der Waals surface area contributed by atoms with Gasteiger partial charge in [-0.15, -0.1) is 24.0 Å². The zero-order chi connectivity index (χ0) is 17.0. The van der Waals surface area contributed by atoms with Crippen LogP contribution < -0.4 is 16.0 Å². The summed E-state index contributed by atoms with van der Waals surface area (Å²) in [4.78, 5) is 16.0. The van der Waals surface area contributed by atoms with Crippen LogP contribution in [0.5, 0.6) is 0 Å². The molecule has 0 atom stereocenters. The summed E-state index contributed by atoms with van der Waals surface area (Å²) in [5.74, 6) is 0.561. The predicted molar refractivity (Wildman–Crippen MR) is 113 cm³/mol. The second-order valence-electron chi connectivity index (χ2n) is 5.35. The number of rotatable bonds is 7. The van der Waals surface area contributed by atoms with Gasteiger partial charge in [0.25, 0.3) is 0 Å². The lowest BCUT2D eigenvalue weighted by atomic mass is 10.1. The summed E-state index contributed by atoms with van der Waals surface area (Å²) in [5, 5.41) is 9.10. The standard InChI is InChI=1S/C19H24N4O.HI/c1-20-19(21-13-12-16-8-4-2-5-9-16)23-15-18(24)22-14-17-10-6-3-7-11-17;/h2-11H,12-15H2,1H3,(H,22,24)(H2,20,21,23);1H. The van der Waals surface area contributed by atoms with Gasteiger partial charge in [0.1, 0.15) is 0 Å². The van der Waals surface area contributed by atoms with E-state index in [1.54, 1.807) is 7.05 Å². The Kier molecular flexibility index (Phi) is 10.3. The van der Waals surface area contributed by atoms with Crippen LogP contribution in [-0.2, 0) is 17.8 Å². The fourth-order valence-corrected chi connectivity index (χ4v) is 2.21. The summed E-state index contributed by atoms with van der Waals surface area (Å²) in [5.41, 5.74) is 2.34. The maximum atomic E-state index is 11.9. The molecule has 0 radical (unpaired) electrons. The Bertz CT molecular complexity index is 647. The average Bonchev–Trinajstić information content (AvgIpc) is 2.64. The Hall–Kier alpha value is -2.09. The summed E-state index contributed by atoms with van der Waals surface area (Å²) < 4.78 is 0. The van der Waals surface area contributed by atoms with E-state index in [1.165, 1.54) is 5.56 Å². The highest BCUT2D eigenvalue weighted by Gasteiger charge is 2.03. The smallest absolute Gasteiger partial charge is 0.239 e. The van der Waals surface area contributed by atoms with E-state index in [0.29, 0.717) is 12.5 Å². The maximum absolute atomic E-state index is 11.9. The molecule has 3 N–H and O–H groups in total. The third-order valence-corrected chi connectivity index (χ3v) is 3.52. The Balaban J connectivity index is 0.00000312. The number of hydrogen-bond acceptors (Lipinski definition) is 2. The van der Waals surface area contributed by atoms with Crippen molar-refractivity contribution >= 4 is 35.8 Å². The van der Waals surface area contributed by atoms with E-state index in [-0.39, 0.29) is 36.4 Å². The molecule has 5 nitrogen and oxygen atoms in total. The highest BCUT2D eigenvalue weighted by Crippen LogP contribution is 1.98. The van der Waals surface area contributed by atoms with Gasteiger partial charge in [-0.2, -0.15) is 0 Å². The van der Waals surface area contributed by atoms with Crippen molar-refractivity contribution in [2.75, 3.05) is 20.1 Å². The van der Waals surface area contributed by atoms with E-state index in [9.17, 15) is 4.79 Å². The molecule has 0 bridgehead atoms. The van der Waals surface area contributed by atoms with Gasteiger partial charge in [0.05, 0.1) is 6.54 Å². The predicted octanol–water partition coefficient (Wildman–Crippen LogP) is 2.33. The van der Waals surface area contributed by atoms with E-state index in [0.717, 1.165) is 18.5 Å². The second-order valence-corrected chi connectivity index (χ2v) is 5.35. The number of halogens is 1. The highest BCUT2D eigenvalue weighted by atomic mass is 127. The molecule has 0 aliphatic heterocycles. The van der Waals surface area contributed by atoms with Crippen LogP contribution >= 0.6 is 24.0 Å². The summed E-state index contributed by atoms with van der Waals surface area (Å²) in [7, 11) is 1.69. The summed E-state index contributed by atoms with van der Waals surface area (Å²) in [6.45, 7) is 1.48. The molecular weight excluding hydrogens is 427 g/mol. The topological polar surface area (TPSA) is 65.5 Å². The lowest BCUT2D eigenvalue weighted by molar-refractivity contribution is -0.120. The van der Waals surface area contributed by atoms with Crippen molar-refractivity contribution in [1.82, 2.24) is 16.0 Å². The fraction of sp³-hybridized carbons (Fsp3) is 0.263. The Morgan fingerprint density at radius 1 is 0.880 bits per heavy atom. The fourth-order valence-electron chi connectivity index (χ4n) is 2.21. The molecule has 0 saturated heterocycles. The van der Waals surface area contributed by atoms with Crippen molar-refractivity contribution in [1.29, 1.82) is 0 Å². The first kappa shape index (κ1) is 21.0. The molecule has 0 fully saturated rings. The van der Waals surface area contributed by atoms with Crippen LogP contribution in [0.4, 0.5) is 0 Å². The van der Waals surface area contributed by atoms with Gasteiger partial charge in [0.15, 0.2) is 5.96 Å². The van der Waals surface area contributed by atoms with Crippen molar-refractivity contribution in [3.63, 3.8) is 0 Å². The lowest BCUT2D eigenvalue weighted by Gasteiger charge is -2.12. The molecule has 6 heteroatoms. The number of guanidine groups is 1. The normalized spacial score (nSPS) is 10.5. The number of nitrogens with one attached hydrogen (secondary N) is 3. The molecule has 1 amide bonds. The molecule has 0 spiro atoms. The first-order valence-electron chi connectivity index (χ1n) is 8.07. The Morgan fingerprint density at radius 2 is 1.48 bits per heavy atom. The highest BCUT2D eigenvalue weighted by molar-refractivity contribution is 14.0. The molecule has 2 aromatic rings. The number of carbonyl (C=O) groups is 1. The van der Waals surface area contributed by atoms with E-state index >= 15 is 0 Å². The summed E-state index contributed by atoms with van der Waals surface area (Å²) in [6, 6.07) is 20.1. The van der Waals surface area contributed by atoms with E-state index < -0.39 is 0 Å². The SMILES string of the molecule is CN=C(NCCc1ccccc1)NCC(=O)NCc1ccccc1.I. The molecule has 2 aromatic carbocycles. The minimum absolute atomic E-state index is 0. The van der Waals surface area contributed by atoms with Crippen molar-refractivity contribution < 1.29 is 4.79 Å².